The van der Waals surface area contributed by atoms with Crippen molar-refractivity contribution < 1.29 is 24.9 Å². The molecule has 0 bridgehead atoms. The Morgan fingerprint density at radius 2 is 1.57 bits per heavy atom. The van der Waals surface area contributed by atoms with Gasteiger partial charge in [-0.3, -0.25) is 9.59 Å². The minimum atomic E-state index is -1.70. The molecule has 0 saturated carbocycles. The third kappa shape index (κ3) is 3.33. The summed E-state index contributed by atoms with van der Waals surface area (Å²) < 4.78 is 0. The number of carbonyl (C=O) groups is 2. The predicted octanol–water partition coefficient (Wildman–Crippen LogP) is 0.715. The lowest BCUT2D eigenvalue weighted by molar-refractivity contribution is -0.163. The Morgan fingerprint density at radius 1 is 1.07 bits per heavy atom. The van der Waals surface area contributed by atoms with E-state index in [0.29, 0.717) is 19.3 Å². The fourth-order valence-corrected chi connectivity index (χ4v) is 1.07. The Bertz CT molecular complexity index is 197. The summed E-state index contributed by atoms with van der Waals surface area (Å²) in [5.41, 5.74) is -1.70. The van der Waals surface area contributed by atoms with Crippen molar-refractivity contribution >= 4 is 11.9 Å². The van der Waals surface area contributed by atoms with Crippen LogP contribution in [0.25, 0.3) is 0 Å². The van der Waals surface area contributed by atoms with Gasteiger partial charge >= 0.3 is 11.9 Å². The van der Waals surface area contributed by atoms with E-state index in [1.807, 2.05) is 0 Å². The lowest BCUT2D eigenvalue weighted by atomic mass is 9.85. The highest BCUT2D eigenvalue weighted by Crippen LogP contribution is 2.25. The van der Waals surface area contributed by atoms with Crippen molar-refractivity contribution in [1.29, 1.82) is 0 Å². The van der Waals surface area contributed by atoms with Crippen LogP contribution in [-0.2, 0) is 9.59 Å². The number of unbranched alkanes of at least 4 members (excludes halogenated alkanes) is 2. The molecule has 0 aliphatic carbocycles. The molecule has 0 aromatic rings. The number of carboxylic acids is 2. The quantitative estimate of drug-likeness (QED) is 0.419. The average Bonchev–Trinajstić information content (AvgIpc) is 2.11. The Kier molecular flexibility index (Phi) is 5.15. The topological polar surface area (TPSA) is 94.8 Å². The highest BCUT2D eigenvalue weighted by atomic mass is 16.4. The van der Waals surface area contributed by atoms with Gasteiger partial charge in [-0.2, -0.15) is 0 Å². The van der Waals surface area contributed by atoms with Crippen molar-refractivity contribution in [3.05, 3.63) is 0 Å². The Hall–Kier alpha value is -1.10. The van der Waals surface area contributed by atoms with Crippen molar-refractivity contribution in [3.63, 3.8) is 0 Å². The Balaban J connectivity index is 4.12. The third-order valence-electron chi connectivity index (χ3n) is 2.28. The second-order valence-electron chi connectivity index (χ2n) is 3.48. The van der Waals surface area contributed by atoms with Gasteiger partial charge in [-0.15, -0.1) is 0 Å². The number of carboxylic acid groups (broad SMARTS) is 2. The second kappa shape index (κ2) is 5.59. The number of aliphatic hydroxyl groups excluding tert-OH is 1. The predicted molar refractivity (Wildman–Crippen MR) is 48.9 cm³/mol. The summed E-state index contributed by atoms with van der Waals surface area (Å²) >= 11 is 0. The minimum Gasteiger partial charge on any atom is -0.480 e. The summed E-state index contributed by atoms with van der Waals surface area (Å²) in [5.74, 6) is -2.62. The fourth-order valence-electron chi connectivity index (χ4n) is 1.07. The van der Waals surface area contributed by atoms with Crippen molar-refractivity contribution in [1.82, 2.24) is 0 Å². The molecule has 82 valence electrons. The van der Waals surface area contributed by atoms with Crippen LogP contribution in [0.4, 0.5) is 0 Å². The van der Waals surface area contributed by atoms with Crippen LogP contribution in [0.3, 0.4) is 0 Å². The number of aliphatic hydroxyl groups is 1. The highest BCUT2D eigenvalue weighted by Gasteiger charge is 2.40. The maximum Gasteiger partial charge on any atom is 0.320 e. The number of aliphatic carboxylic acids is 2. The van der Waals surface area contributed by atoms with Gasteiger partial charge in [-0.05, 0) is 19.8 Å². The standard InChI is InChI=1S/C9H16O5/c1-9(7(11)12,8(13)14)5-3-2-4-6-10/h10H,2-6H2,1H3,(H,11,12)(H,13,14). The van der Waals surface area contributed by atoms with E-state index in [-0.39, 0.29) is 13.0 Å². The number of hydrogen-bond donors (Lipinski definition) is 3. The van der Waals surface area contributed by atoms with E-state index in [1.54, 1.807) is 0 Å². The van der Waals surface area contributed by atoms with E-state index < -0.39 is 17.4 Å². The minimum absolute atomic E-state index is 0.0524. The van der Waals surface area contributed by atoms with Crippen molar-refractivity contribution in [2.75, 3.05) is 6.61 Å². The first-order valence-corrected chi connectivity index (χ1v) is 4.53. The molecule has 0 fully saturated rings. The van der Waals surface area contributed by atoms with Crippen LogP contribution < -0.4 is 0 Å². The molecule has 0 aromatic carbocycles. The number of rotatable bonds is 7. The molecule has 0 radical (unpaired) electrons. The molecule has 0 unspecified atom stereocenters. The number of hydrogen-bond acceptors (Lipinski definition) is 3. The molecule has 0 aliphatic heterocycles. The molecule has 0 saturated heterocycles. The van der Waals surface area contributed by atoms with Crippen LogP contribution in [0.5, 0.6) is 0 Å². The van der Waals surface area contributed by atoms with E-state index in [0.717, 1.165) is 0 Å². The molecule has 0 heterocycles. The summed E-state index contributed by atoms with van der Waals surface area (Å²) in [6, 6.07) is 0. The molecule has 3 N–H and O–H groups in total. The van der Waals surface area contributed by atoms with Crippen molar-refractivity contribution in [2.45, 2.75) is 32.6 Å². The van der Waals surface area contributed by atoms with Gasteiger partial charge in [0.15, 0.2) is 5.41 Å². The normalized spacial score (nSPS) is 11.3. The summed E-state index contributed by atoms with van der Waals surface area (Å²) in [7, 11) is 0. The summed E-state index contributed by atoms with van der Waals surface area (Å²) in [6.07, 6.45) is 1.81. The smallest absolute Gasteiger partial charge is 0.320 e. The van der Waals surface area contributed by atoms with E-state index >= 15 is 0 Å². The first kappa shape index (κ1) is 12.9. The molecule has 0 aromatic heterocycles. The lowest BCUT2D eigenvalue weighted by Crippen LogP contribution is -2.36. The molecule has 0 rings (SSSR count). The maximum absolute atomic E-state index is 10.7. The van der Waals surface area contributed by atoms with Gasteiger partial charge in [-0.1, -0.05) is 12.8 Å². The van der Waals surface area contributed by atoms with Gasteiger partial charge in [-0.25, -0.2) is 0 Å². The zero-order valence-electron chi connectivity index (χ0n) is 8.19. The molecule has 5 heteroatoms. The zero-order valence-corrected chi connectivity index (χ0v) is 8.19. The SMILES string of the molecule is CC(CCCCCO)(C(=O)O)C(=O)O. The Labute approximate surface area is 82.4 Å². The third-order valence-corrected chi connectivity index (χ3v) is 2.28. The van der Waals surface area contributed by atoms with Crippen molar-refractivity contribution in [2.24, 2.45) is 5.41 Å². The van der Waals surface area contributed by atoms with E-state index in [4.69, 9.17) is 15.3 Å². The van der Waals surface area contributed by atoms with Crippen LogP contribution >= 0.6 is 0 Å². The fraction of sp³-hybridized carbons (Fsp3) is 0.778. The van der Waals surface area contributed by atoms with Gasteiger partial charge in [0.2, 0.25) is 0 Å². The van der Waals surface area contributed by atoms with Crippen LogP contribution in [0.2, 0.25) is 0 Å². The van der Waals surface area contributed by atoms with Crippen LogP contribution in [-0.4, -0.2) is 33.9 Å². The largest absolute Gasteiger partial charge is 0.480 e. The average molecular weight is 204 g/mol. The zero-order chi connectivity index (χ0) is 11.2. The summed E-state index contributed by atoms with van der Waals surface area (Å²) in [4.78, 5) is 21.4. The molecule has 0 atom stereocenters. The monoisotopic (exact) mass is 204 g/mol. The van der Waals surface area contributed by atoms with E-state index in [2.05, 4.69) is 0 Å². The summed E-state index contributed by atoms with van der Waals surface area (Å²) in [6.45, 7) is 1.26. The molecule has 14 heavy (non-hydrogen) atoms. The first-order chi connectivity index (χ1) is 6.45. The molecule has 0 amide bonds. The molecular formula is C9H16O5. The van der Waals surface area contributed by atoms with Crippen LogP contribution in [0.1, 0.15) is 32.6 Å². The van der Waals surface area contributed by atoms with Crippen LogP contribution in [0.15, 0.2) is 0 Å². The van der Waals surface area contributed by atoms with Crippen LogP contribution in [0, 0.1) is 5.41 Å². The highest BCUT2D eigenvalue weighted by molar-refractivity contribution is 5.97. The molecule has 5 nitrogen and oxygen atoms in total. The van der Waals surface area contributed by atoms with Gasteiger partial charge in [0.05, 0.1) is 0 Å². The van der Waals surface area contributed by atoms with Gasteiger partial charge in [0.1, 0.15) is 0 Å². The van der Waals surface area contributed by atoms with E-state index in [9.17, 15) is 9.59 Å². The Morgan fingerprint density at radius 3 is 1.93 bits per heavy atom. The van der Waals surface area contributed by atoms with E-state index in [1.165, 1.54) is 6.92 Å². The van der Waals surface area contributed by atoms with Crippen molar-refractivity contribution in [3.8, 4) is 0 Å². The molecule has 0 aliphatic rings. The van der Waals surface area contributed by atoms with Gasteiger partial charge in [0.25, 0.3) is 0 Å². The van der Waals surface area contributed by atoms with Gasteiger partial charge in [0, 0.05) is 6.61 Å². The molecule has 0 spiro atoms. The van der Waals surface area contributed by atoms with Gasteiger partial charge < -0.3 is 15.3 Å². The maximum atomic E-state index is 10.7. The molecular weight excluding hydrogens is 188 g/mol. The summed E-state index contributed by atoms with van der Waals surface area (Å²) in [5, 5.41) is 25.9. The second-order valence-corrected chi connectivity index (χ2v) is 3.48. The first-order valence-electron chi connectivity index (χ1n) is 4.53. The lowest BCUT2D eigenvalue weighted by Gasteiger charge is -2.18.